The molecule has 0 fully saturated rings. The third-order valence-electron chi connectivity index (χ3n) is 3.20. The third-order valence-corrected chi connectivity index (χ3v) is 3.43. The van der Waals surface area contributed by atoms with Gasteiger partial charge < -0.3 is 4.57 Å². The van der Waals surface area contributed by atoms with Gasteiger partial charge >= 0.3 is 0 Å². The fourth-order valence-corrected chi connectivity index (χ4v) is 2.50. The SMILES string of the molecule is CCCCn1cc(CCC)c2cc(Cl)ccc21. The molecule has 0 N–H and O–H groups in total. The van der Waals surface area contributed by atoms with Gasteiger partial charge in [0.25, 0.3) is 0 Å². The van der Waals surface area contributed by atoms with E-state index in [9.17, 15) is 0 Å². The number of benzene rings is 1. The maximum Gasteiger partial charge on any atom is 0.0484 e. The van der Waals surface area contributed by atoms with Gasteiger partial charge in [0.1, 0.15) is 0 Å². The fourth-order valence-electron chi connectivity index (χ4n) is 2.33. The zero-order valence-corrected chi connectivity index (χ0v) is 11.4. The molecule has 0 unspecified atom stereocenters. The van der Waals surface area contributed by atoms with Crippen LogP contribution < -0.4 is 0 Å². The summed E-state index contributed by atoms with van der Waals surface area (Å²) in [6, 6.07) is 6.23. The van der Waals surface area contributed by atoms with Gasteiger partial charge in [0.05, 0.1) is 0 Å². The molecule has 0 atom stereocenters. The summed E-state index contributed by atoms with van der Waals surface area (Å²) in [4.78, 5) is 0. The Morgan fingerprint density at radius 3 is 2.71 bits per heavy atom. The summed E-state index contributed by atoms with van der Waals surface area (Å²) in [5.74, 6) is 0. The maximum atomic E-state index is 6.10. The monoisotopic (exact) mass is 249 g/mol. The van der Waals surface area contributed by atoms with E-state index in [1.54, 1.807) is 0 Å². The van der Waals surface area contributed by atoms with Gasteiger partial charge in [0.15, 0.2) is 0 Å². The third kappa shape index (κ3) is 2.66. The topological polar surface area (TPSA) is 4.93 Å². The average molecular weight is 250 g/mol. The van der Waals surface area contributed by atoms with E-state index in [1.165, 1.54) is 35.7 Å². The smallest absolute Gasteiger partial charge is 0.0484 e. The van der Waals surface area contributed by atoms with E-state index in [0.29, 0.717) is 0 Å². The van der Waals surface area contributed by atoms with Crippen LogP contribution in [0.1, 0.15) is 38.7 Å². The number of hydrogen-bond donors (Lipinski definition) is 0. The lowest BCUT2D eigenvalue weighted by molar-refractivity contribution is 0.648. The van der Waals surface area contributed by atoms with Crippen molar-refractivity contribution in [1.82, 2.24) is 4.57 Å². The van der Waals surface area contributed by atoms with E-state index < -0.39 is 0 Å². The molecule has 0 radical (unpaired) electrons. The van der Waals surface area contributed by atoms with Gasteiger partial charge in [-0.3, -0.25) is 0 Å². The molecular formula is C15H20ClN. The van der Waals surface area contributed by atoms with Gasteiger partial charge in [-0.25, -0.2) is 0 Å². The van der Waals surface area contributed by atoms with Crippen LogP contribution in [-0.4, -0.2) is 4.57 Å². The molecule has 0 aliphatic heterocycles. The van der Waals surface area contributed by atoms with Gasteiger partial charge in [-0.2, -0.15) is 0 Å². The van der Waals surface area contributed by atoms with E-state index in [-0.39, 0.29) is 0 Å². The number of halogens is 1. The summed E-state index contributed by atoms with van der Waals surface area (Å²) in [5, 5.41) is 2.17. The molecule has 2 heteroatoms. The standard InChI is InChI=1S/C15H20ClN/c1-3-5-9-17-11-12(6-4-2)14-10-13(16)7-8-15(14)17/h7-8,10-11H,3-6,9H2,1-2H3. The summed E-state index contributed by atoms with van der Waals surface area (Å²) < 4.78 is 2.38. The summed E-state index contributed by atoms with van der Waals surface area (Å²) in [6.45, 7) is 5.56. The molecular weight excluding hydrogens is 230 g/mol. The average Bonchev–Trinajstić information content (AvgIpc) is 2.65. The van der Waals surface area contributed by atoms with Gasteiger partial charge in [0, 0.05) is 28.7 Å². The van der Waals surface area contributed by atoms with Crippen molar-refractivity contribution in [1.29, 1.82) is 0 Å². The number of rotatable bonds is 5. The second-order valence-electron chi connectivity index (χ2n) is 4.61. The van der Waals surface area contributed by atoms with Crippen molar-refractivity contribution >= 4 is 22.5 Å². The second kappa shape index (κ2) is 5.59. The Bertz CT molecular complexity index is 499. The molecule has 0 spiro atoms. The molecule has 92 valence electrons. The van der Waals surface area contributed by atoms with Crippen molar-refractivity contribution in [3.05, 3.63) is 35.0 Å². The van der Waals surface area contributed by atoms with Crippen LogP contribution in [0, 0.1) is 0 Å². The van der Waals surface area contributed by atoms with Gasteiger partial charge in [-0.15, -0.1) is 0 Å². The Hall–Kier alpha value is -0.950. The predicted octanol–water partition coefficient (Wildman–Crippen LogP) is 5.05. The highest BCUT2D eigenvalue weighted by atomic mass is 35.5. The number of nitrogens with zero attached hydrogens (tertiary/aromatic N) is 1. The molecule has 0 bridgehead atoms. The van der Waals surface area contributed by atoms with Crippen molar-refractivity contribution in [2.75, 3.05) is 0 Å². The van der Waals surface area contributed by atoms with Crippen molar-refractivity contribution in [2.45, 2.75) is 46.1 Å². The first-order valence-corrected chi connectivity index (χ1v) is 6.91. The minimum atomic E-state index is 0.836. The van der Waals surface area contributed by atoms with Crippen LogP contribution in [0.3, 0.4) is 0 Å². The normalized spacial score (nSPS) is 11.2. The van der Waals surface area contributed by atoms with E-state index in [1.807, 2.05) is 6.07 Å². The highest BCUT2D eigenvalue weighted by molar-refractivity contribution is 6.31. The van der Waals surface area contributed by atoms with Crippen LogP contribution in [0.15, 0.2) is 24.4 Å². The van der Waals surface area contributed by atoms with Crippen LogP contribution in [0.5, 0.6) is 0 Å². The van der Waals surface area contributed by atoms with E-state index in [4.69, 9.17) is 11.6 Å². The highest BCUT2D eigenvalue weighted by Crippen LogP contribution is 2.26. The quantitative estimate of drug-likeness (QED) is 0.699. The molecule has 2 rings (SSSR count). The van der Waals surface area contributed by atoms with Crippen molar-refractivity contribution in [3.63, 3.8) is 0 Å². The Kier molecular flexibility index (Phi) is 4.11. The number of unbranched alkanes of at least 4 members (excludes halogenated alkanes) is 1. The lowest BCUT2D eigenvalue weighted by atomic mass is 10.1. The molecule has 0 amide bonds. The lowest BCUT2D eigenvalue weighted by Gasteiger charge is -2.03. The minimum Gasteiger partial charge on any atom is -0.347 e. The Morgan fingerprint density at radius 1 is 1.18 bits per heavy atom. The second-order valence-corrected chi connectivity index (χ2v) is 5.05. The number of hydrogen-bond acceptors (Lipinski definition) is 0. The van der Waals surface area contributed by atoms with Crippen LogP contribution in [0.4, 0.5) is 0 Å². The van der Waals surface area contributed by atoms with Crippen LogP contribution in [0.25, 0.3) is 10.9 Å². The van der Waals surface area contributed by atoms with Crippen molar-refractivity contribution < 1.29 is 0 Å². The van der Waals surface area contributed by atoms with Gasteiger partial charge in [-0.1, -0.05) is 38.3 Å². The largest absolute Gasteiger partial charge is 0.347 e. The zero-order valence-electron chi connectivity index (χ0n) is 10.7. The number of aromatic nitrogens is 1. The number of fused-ring (bicyclic) bond motifs is 1. The maximum absolute atomic E-state index is 6.10. The molecule has 1 nitrogen and oxygen atoms in total. The van der Waals surface area contributed by atoms with E-state index in [0.717, 1.165) is 18.0 Å². The van der Waals surface area contributed by atoms with Crippen LogP contribution in [0.2, 0.25) is 5.02 Å². The number of aryl methyl sites for hydroxylation is 2. The first-order chi connectivity index (χ1) is 8.26. The molecule has 0 saturated heterocycles. The van der Waals surface area contributed by atoms with Gasteiger partial charge in [-0.05, 0) is 36.6 Å². The molecule has 1 aromatic heterocycles. The van der Waals surface area contributed by atoms with E-state index in [2.05, 4.69) is 36.7 Å². The van der Waals surface area contributed by atoms with Gasteiger partial charge in [0.2, 0.25) is 0 Å². The highest BCUT2D eigenvalue weighted by Gasteiger charge is 2.07. The molecule has 2 aromatic rings. The predicted molar refractivity (Wildman–Crippen MR) is 75.9 cm³/mol. The molecule has 17 heavy (non-hydrogen) atoms. The molecule has 1 aromatic carbocycles. The Balaban J connectivity index is 2.46. The van der Waals surface area contributed by atoms with Crippen molar-refractivity contribution in [2.24, 2.45) is 0 Å². The molecule has 1 heterocycles. The Labute approximate surface area is 108 Å². The minimum absolute atomic E-state index is 0.836. The Morgan fingerprint density at radius 2 is 2.00 bits per heavy atom. The first kappa shape index (κ1) is 12.5. The summed E-state index contributed by atoms with van der Waals surface area (Å²) in [5.41, 5.74) is 2.76. The fraction of sp³-hybridized carbons (Fsp3) is 0.467. The molecule has 0 saturated carbocycles. The zero-order chi connectivity index (χ0) is 12.3. The first-order valence-electron chi connectivity index (χ1n) is 6.53. The molecule has 0 aliphatic rings. The summed E-state index contributed by atoms with van der Waals surface area (Å²) in [6.07, 6.45) is 7.09. The summed E-state index contributed by atoms with van der Waals surface area (Å²) in [7, 11) is 0. The lowest BCUT2D eigenvalue weighted by Crippen LogP contribution is -1.94. The van der Waals surface area contributed by atoms with Crippen LogP contribution >= 0.6 is 11.6 Å². The van der Waals surface area contributed by atoms with E-state index >= 15 is 0 Å². The van der Waals surface area contributed by atoms with Crippen molar-refractivity contribution in [3.8, 4) is 0 Å². The summed E-state index contributed by atoms with van der Waals surface area (Å²) >= 11 is 6.10. The van der Waals surface area contributed by atoms with Crippen LogP contribution in [-0.2, 0) is 13.0 Å². The molecule has 0 aliphatic carbocycles.